The van der Waals surface area contributed by atoms with Crippen LogP contribution in [-0.4, -0.2) is 46.4 Å². The summed E-state index contributed by atoms with van der Waals surface area (Å²) < 4.78 is 5.55. The summed E-state index contributed by atoms with van der Waals surface area (Å²) in [6.07, 6.45) is 2.40. The molecule has 5 rings (SSSR count). The van der Waals surface area contributed by atoms with Crippen molar-refractivity contribution < 1.29 is 14.3 Å². The third-order valence-corrected chi connectivity index (χ3v) is 7.03. The first-order valence-electron chi connectivity index (χ1n) is 11.5. The molecule has 1 aromatic carbocycles. The number of nitrogens with one attached hydrogen (secondary N) is 4. The van der Waals surface area contributed by atoms with E-state index < -0.39 is 6.09 Å². The van der Waals surface area contributed by atoms with Crippen molar-refractivity contribution in [2.75, 3.05) is 18.4 Å². The molecule has 182 valence electrons. The number of ether oxygens (including phenoxy) is 1. The van der Waals surface area contributed by atoms with Gasteiger partial charge >= 0.3 is 6.09 Å². The monoisotopic (exact) mass is 514 g/mol. The Balaban J connectivity index is 1.49. The number of halogens is 2. The van der Waals surface area contributed by atoms with E-state index in [0.717, 1.165) is 25.0 Å². The fraction of sp³-hybridized carbons (Fsp3) is 0.333. The molecule has 3 heterocycles. The summed E-state index contributed by atoms with van der Waals surface area (Å²) in [7, 11) is 0. The molecule has 2 amide bonds. The van der Waals surface area contributed by atoms with Crippen molar-refractivity contribution in [1.82, 2.24) is 25.8 Å². The fourth-order valence-electron chi connectivity index (χ4n) is 4.46. The maximum Gasteiger partial charge on any atom is 0.407 e. The number of anilines is 2. The van der Waals surface area contributed by atoms with Crippen molar-refractivity contribution in [2.45, 2.75) is 37.7 Å². The molecule has 3 aromatic rings. The van der Waals surface area contributed by atoms with E-state index in [-0.39, 0.29) is 23.6 Å². The van der Waals surface area contributed by atoms with Gasteiger partial charge in [0.25, 0.3) is 5.91 Å². The lowest BCUT2D eigenvalue weighted by Gasteiger charge is -2.15. The van der Waals surface area contributed by atoms with Gasteiger partial charge in [-0.1, -0.05) is 35.3 Å². The largest absolute Gasteiger partial charge is 0.446 e. The molecule has 0 radical (unpaired) electrons. The minimum atomic E-state index is -0.442. The van der Waals surface area contributed by atoms with Crippen LogP contribution in [0.25, 0.3) is 11.1 Å². The van der Waals surface area contributed by atoms with E-state index in [2.05, 4.69) is 31.1 Å². The Hall–Kier alpha value is -3.30. The summed E-state index contributed by atoms with van der Waals surface area (Å²) in [5.74, 6) is 0.896. The number of carbonyl (C=O) groups is 2. The Morgan fingerprint density at radius 3 is 2.71 bits per heavy atom. The van der Waals surface area contributed by atoms with Crippen LogP contribution in [0.2, 0.25) is 10.0 Å². The highest BCUT2D eigenvalue weighted by Crippen LogP contribution is 2.37. The molecule has 1 fully saturated rings. The highest BCUT2D eigenvalue weighted by Gasteiger charge is 2.30. The number of pyridine rings is 1. The van der Waals surface area contributed by atoms with Crippen molar-refractivity contribution in [3.05, 3.63) is 57.8 Å². The van der Waals surface area contributed by atoms with Gasteiger partial charge in [0.15, 0.2) is 5.82 Å². The highest BCUT2D eigenvalue weighted by molar-refractivity contribution is 6.43. The Morgan fingerprint density at radius 1 is 0.971 bits per heavy atom. The summed E-state index contributed by atoms with van der Waals surface area (Å²) in [5.41, 5.74) is 2.31. The Kier molecular flexibility index (Phi) is 6.79. The molecule has 4 N–H and O–H groups in total. The van der Waals surface area contributed by atoms with Crippen molar-refractivity contribution in [2.24, 2.45) is 0 Å². The lowest BCUT2D eigenvalue weighted by Crippen LogP contribution is -2.32. The van der Waals surface area contributed by atoms with Gasteiger partial charge < -0.3 is 20.7 Å². The van der Waals surface area contributed by atoms with Crippen molar-refractivity contribution in [3.63, 3.8) is 0 Å². The second-order valence-electron chi connectivity index (χ2n) is 8.60. The topological polar surface area (TPSA) is 121 Å². The van der Waals surface area contributed by atoms with Crippen LogP contribution in [-0.2, 0) is 4.74 Å². The highest BCUT2D eigenvalue weighted by atomic mass is 35.5. The number of rotatable bonds is 1. The van der Waals surface area contributed by atoms with Gasteiger partial charge in [-0.15, -0.1) is 0 Å². The van der Waals surface area contributed by atoms with Crippen LogP contribution < -0.4 is 16.0 Å². The molecule has 2 aromatic heterocycles. The quantitative estimate of drug-likeness (QED) is 0.361. The van der Waals surface area contributed by atoms with E-state index in [9.17, 15) is 9.59 Å². The van der Waals surface area contributed by atoms with Crippen molar-refractivity contribution in [1.29, 1.82) is 0 Å². The molecule has 11 heteroatoms. The molecular formula is C24H24Cl2N6O3. The molecule has 1 aliphatic heterocycles. The summed E-state index contributed by atoms with van der Waals surface area (Å²) in [6.45, 7) is 0.719. The lowest BCUT2D eigenvalue weighted by molar-refractivity contribution is 0.0949. The van der Waals surface area contributed by atoms with Gasteiger partial charge in [0.2, 0.25) is 0 Å². The van der Waals surface area contributed by atoms with E-state index in [0.29, 0.717) is 52.3 Å². The molecule has 2 atom stereocenters. The maximum atomic E-state index is 13.1. The molecule has 0 saturated heterocycles. The van der Waals surface area contributed by atoms with Gasteiger partial charge in [-0.05, 0) is 43.9 Å². The van der Waals surface area contributed by atoms with E-state index in [1.54, 1.807) is 30.3 Å². The third kappa shape index (κ3) is 5.21. The van der Waals surface area contributed by atoms with Gasteiger partial charge in [0.1, 0.15) is 17.6 Å². The van der Waals surface area contributed by atoms with Gasteiger partial charge in [0.05, 0.1) is 10.0 Å². The maximum absolute atomic E-state index is 13.1. The molecule has 9 nitrogen and oxygen atoms in total. The van der Waals surface area contributed by atoms with Crippen LogP contribution in [0, 0.1) is 0 Å². The molecule has 2 aliphatic rings. The zero-order valence-electron chi connectivity index (χ0n) is 18.7. The summed E-state index contributed by atoms with van der Waals surface area (Å²) in [5, 5.41) is 16.9. The first-order valence-corrected chi connectivity index (χ1v) is 12.2. The normalized spacial score (nSPS) is 20.6. The van der Waals surface area contributed by atoms with Crippen molar-refractivity contribution in [3.8, 4) is 11.1 Å². The van der Waals surface area contributed by atoms with E-state index in [4.69, 9.17) is 27.9 Å². The number of carbonyl (C=O) groups excluding carboxylic acids is 2. The molecule has 35 heavy (non-hydrogen) atoms. The first-order chi connectivity index (χ1) is 17.0. The number of amides is 2. The fourth-order valence-corrected chi connectivity index (χ4v) is 4.86. The number of alkyl carbamates (subject to hydrolysis) is 1. The number of benzene rings is 1. The summed E-state index contributed by atoms with van der Waals surface area (Å²) in [4.78, 5) is 29.9. The molecule has 6 bridgehead atoms. The second-order valence-corrected chi connectivity index (χ2v) is 9.39. The van der Waals surface area contributed by atoms with E-state index in [1.165, 1.54) is 0 Å². The predicted molar refractivity (Wildman–Crippen MR) is 133 cm³/mol. The van der Waals surface area contributed by atoms with Crippen LogP contribution in [0.3, 0.4) is 0 Å². The number of H-pyrrole nitrogens is 1. The van der Waals surface area contributed by atoms with Gasteiger partial charge in [-0.25, -0.2) is 9.78 Å². The number of hydrogen-bond acceptors (Lipinski definition) is 6. The van der Waals surface area contributed by atoms with Crippen LogP contribution >= 0.6 is 23.2 Å². The molecule has 1 saturated carbocycles. The summed E-state index contributed by atoms with van der Waals surface area (Å²) in [6, 6.07) is 10.7. The number of nitrogens with zero attached hydrogens (tertiary/aromatic N) is 2. The van der Waals surface area contributed by atoms with Crippen LogP contribution in [0.4, 0.5) is 16.4 Å². The van der Waals surface area contributed by atoms with Crippen molar-refractivity contribution >= 4 is 46.8 Å². The Labute approximate surface area is 211 Å². The van der Waals surface area contributed by atoms with Gasteiger partial charge in [0, 0.05) is 41.9 Å². The van der Waals surface area contributed by atoms with Crippen LogP contribution in [0.15, 0.2) is 36.4 Å². The molecule has 0 spiro atoms. The summed E-state index contributed by atoms with van der Waals surface area (Å²) >= 11 is 12.7. The Bertz CT molecular complexity index is 1260. The smallest absolute Gasteiger partial charge is 0.407 e. The zero-order valence-corrected chi connectivity index (χ0v) is 20.2. The van der Waals surface area contributed by atoms with Gasteiger partial charge in [-0.3, -0.25) is 9.89 Å². The molecule has 1 aliphatic carbocycles. The van der Waals surface area contributed by atoms with Crippen LogP contribution in [0.5, 0.6) is 0 Å². The third-order valence-electron chi connectivity index (χ3n) is 6.21. The standard InChI is InChI=1S/C24H24Cl2N6O3/c25-17-4-1-3-15(21(17)26)16-7-8-19-29-20-12-18(31-32-20)13-5-6-14(11-13)35-24(34)28-10-2-9-27-23(33)22(16)30-19/h1,3-4,7-8,12-14H,2,5-6,9-11H2,(H,27,33)(H,28,34)(H2,29,30,31,32)/t13-,14+/m0/s1. The molecular weight excluding hydrogens is 491 g/mol. The first kappa shape index (κ1) is 23.4. The number of fused-ring (bicyclic) bond motifs is 7. The Morgan fingerprint density at radius 2 is 1.83 bits per heavy atom. The zero-order chi connectivity index (χ0) is 24.4. The predicted octanol–water partition coefficient (Wildman–Crippen LogP) is 5.02. The number of aromatic nitrogens is 3. The van der Waals surface area contributed by atoms with Crippen LogP contribution in [0.1, 0.15) is 47.8 Å². The number of aromatic amines is 1. The minimum Gasteiger partial charge on any atom is -0.446 e. The van der Waals surface area contributed by atoms with E-state index >= 15 is 0 Å². The minimum absolute atomic E-state index is 0.131. The number of hydrogen-bond donors (Lipinski definition) is 4. The van der Waals surface area contributed by atoms with Gasteiger partial charge in [-0.2, -0.15) is 5.10 Å². The lowest BCUT2D eigenvalue weighted by atomic mass is 10.0. The molecule has 0 unspecified atom stereocenters. The van der Waals surface area contributed by atoms with E-state index in [1.807, 2.05) is 6.07 Å². The SMILES string of the molecule is O=C1NCCCNC(=O)c2nc(ccc2-c2cccc(Cl)c2Cl)Nc2cc([nH]n2)[C@H]2CC[C@H](C2)O1. The average molecular weight is 515 g/mol. The average Bonchev–Trinajstić information content (AvgIpc) is 3.50. The second kappa shape index (κ2) is 10.1.